The molecular weight excluding hydrogens is 985 g/mol. The van der Waals surface area contributed by atoms with Gasteiger partial charge in [0.1, 0.15) is 0 Å². The van der Waals surface area contributed by atoms with Crippen LogP contribution in [0, 0.1) is 0 Å². The minimum absolute atomic E-state index is 0.0846. The first kappa shape index (κ1) is 49.0. The quantitative estimate of drug-likeness (QED) is 0.151. The van der Waals surface area contributed by atoms with E-state index < -0.39 is 0 Å². The fourth-order valence-corrected chi connectivity index (χ4v) is 14.9. The van der Waals surface area contributed by atoms with Gasteiger partial charge in [-0.3, -0.25) is 0 Å². The first-order valence-electron chi connectivity index (χ1n) is 29.6. The van der Waals surface area contributed by atoms with Gasteiger partial charge < -0.3 is 0 Å². The molecule has 0 amide bonds. The maximum atomic E-state index is 2.49. The number of rotatable bonds is 5. The van der Waals surface area contributed by atoms with Crippen molar-refractivity contribution in [2.24, 2.45) is 0 Å². The molecule has 0 spiro atoms. The molecule has 0 atom stereocenters. The topological polar surface area (TPSA) is 0 Å². The first-order chi connectivity index (χ1) is 39.4. The van der Waals surface area contributed by atoms with Gasteiger partial charge in [-0.15, -0.1) is 0 Å². The van der Waals surface area contributed by atoms with Gasteiger partial charge in [0.25, 0.3) is 0 Å². The van der Waals surface area contributed by atoms with E-state index in [1.54, 1.807) is 0 Å². The number of benzene rings is 14. The second-order valence-electron chi connectivity index (χ2n) is 27.3. The van der Waals surface area contributed by atoms with Crippen LogP contribution in [-0.4, -0.2) is 0 Å². The summed E-state index contributed by atoms with van der Waals surface area (Å²) in [5.41, 5.74) is 26.1. The molecule has 0 heteroatoms. The Bertz CT molecular complexity index is 4680. The van der Waals surface area contributed by atoms with Gasteiger partial charge in [-0.25, -0.2) is 0 Å². The molecule has 14 aromatic rings. The van der Waals surface area contributed by atoms with Crippen LogP contribution in [0.25, 0.3) is 143 Å². The van der Waals surface area contributed by atoms with Crippen LogP contribution in [0.1, 0.15) is 103 Å². The van der Waals surface area contributed by atoms with Gasteiger partial charge in [-0.05, 0) is 223 Å². The molecule has 0 aliphatic heterocycles. The molecule has 0 nitrogen and oxygen atoms in total. The summed E-state index contributed by atoms with van der Waals surface area (Å²) in [5.74, 6) is 0. The van der Waals surface area contributed by atoms with E-state index >= 15 is 0 Å². The number of fused-ring (bicyclic) bond motifs is 6. The molecule has 0 N–H and O–H groups in total. The van der Waals surface area contributed by atoms with Crippen LogP contribution < -0.4 is 0 Å². The molecule has 16 rings (SSSR count). The second-order valence-corrected chi connectivity index (χ2v) is 27.3. The molecule has 0 saturated heterocycles. The third-order valence-corrected chi connectivity index (χ3v) is 19.6. The lowest BCUT2D eigenvalue weighted by Crippen LogP contribution is -2.15. The molecule has 82 heavy (non-hydrogen) atoms. The lowest BCUT2D eigenvalue weighted by atomic mass is 9.79. The van der Waals surface area contributed by atoms with Crippen molar-refractivity contribution in [2.75, 3.05) is 0 Å². The maximum absolute atomic E-state index is 2.49. The highest BCUT2D eigenvalue weighted by molar-refractivity contribution is 6.27. The van der Waals surface area contributed by atoms with Crippen molar-refractivity contribution in [1.82, 2.24) is 0 Å². The van der Waals surface area contributed by atoms with Crippen LogP contribution in [0.5, 0.6) is 0 Å². The lowest BCUT2D eigenvalue weighted by Gasteiger charge is -2.24. The van der Waals surface area contributed by atoms with Crippen LogP contribution in [0.4, 0.5) is 0 Å². The highest BCUT2D eigenvalue weighted by atomic mass is 14.4. The molecule has 0 unspecified atom stereocenters. The van der Waals surface area contributed by atoms with Gasteiger partial charge >= 0.3 is 0 Å². The van der Waals surface area contributed by atoms with Crippen LogP contribution in [-0.2, 0) is 21.7 Å². The van der Waals surface area contributed by atoms with E-state index in [2.05, 4.69) is 288 Å². The highest BCUT2D eigenvalue weighted by Crippen LogP contribution is 2.54. The Kier molecular flexibility index (Phi) is 10.1. The fraction of sp³-hybridized carbons (Fsp3) is 0.171. The lowest BCUT2D eigenvalue weighted by molar-refractivity contribution is 0.591. The van der Waals surface area contributed by atoms with Crippen molar-refractivity contribution in [3.05, 3.63) is 252 Å². The third-order valence-electron chi connectivity index (χ3n) is 19.6. The van der Waals surface area contributed by atoms with E-state index in [4.69, 9.17) is 0 Å². The third kappa shape index (κ3) is 7.16. The molecule has 0 heterocycles. The Morgan fingerprint density at radius 1 is 0.232 bits per heavy atom. The molecule has 394 valence electrons. The zero-order valence-electron chi connectivity index (χ0n) is 48.8. The van der Waals surface area contributed by atoms with Crippen LogP contribution in [0.2, 0.25) is 0 Å². The summed E-state index contributed by atoms with van der Waals surface area (Å²) >= 11 is 0. The van der Waals surface area contributed by atoms with Crippen molar-refractivity contribution in [2.45, 2.75) is 90.9 Å². The monoisotopic (exact) mass is 1050 g/mol. The summed E-state index contributed by atoms with van der Waals surface area (Å²) in [6, 6.07) is 84.8. The molecule has 2 aliphatic carbocycles. The van der Waals surface area contributed by atoms with E-state index in [-0.39, 0.29) is 21.7 Å². The van der Waals surface area contributed by atoms with E-state index in [0.717, 1.165) is 0 Å². The van der Waals surface area contributed by atoms with Crippen LogP contribution in [0.15, 0.2) is 218 Å². The molecule has 0 bridgehead atoms. The molecule has 2 aliphatic rings. The van der Waals surface area contributed by atoms with E-state index in [9.17, 15) is 0 Å². The Morgan fingerprint density at radius 2 is 0.500 bits per heavy atom. The van der Waals surface area contributed by atoms with Crippen molar-refractivity contribution in [3.8, 4) is 77.9 Å². The molecule has 0 fully saturated rings. The first-order valence-corrected chi connectivity index (χ1v) is 29.6. The predicted molar refractivity (Wildman–Crippen MR) is 354 cm³/mol. The van der Waals surface area contributed by atoms with Crippen molar-refractivity contribution >= 4 is 64.6 Å². The SMILES string of the molecule is CC(C)(C)c1cc2ccc3ccc(-c4cccc(-c5ccc6c(c5)C(C)(C)c5cc(-c7ccc8c(c7)C(C)(C)c7cc(-c9cccc(-c%10ccc%11ccc%12cc(C(C)(C)C)cc%13ccc%10c%11c%12%13)c9)ccc7-8)ccc5-6)c4)c4ccc(c1)c2c34. The molecule has 14 aromatic carbocycles. The predicted octanol–water partition coefficient (Wildman–Crippen LogP) is 23.0. The Balaban J connectivity index is 0.691. The summed E-state index contributed by atoms with van der Waals surface area (Å²) in [6.45, 7) is 23.5. The van der Waals surface area contributed by atoms with Crippen molar-refractivity contribution in [3.63, 3.8) is 0 Å². The Morgan fingerprint density at radius 3 is 0.829 bits per heavy atom. The van der Waals surface area contributed by atoms with Crippen LogP contribution in [0.3, 0.4) is 0 Å². The van der Waals surface area contributed by atoms with Gasteiger partial charge in [0, 0.05) is 10.8 Å². The van der Waals surface area contributed by atoms with Gasteiger partial charge in [-0.2, -0.15) is 0 Å². The highest BCUT2D eigenvalue weighted by Gasteiger charge is 2.38. The summed E-state index contributed by atoms with van der Waals surface area (Å²) in [7, 11) is 0. The Hall–Kier alpha value is -8.84. The maximum Gasteiger partial charge on any atom is 0.0159 e. The van der Waals surface area contributed by atoms with Gasteiger partial charge in [0.05, 0.1) is 0 Å². The smallest absolute Gasteiger partial charge is 0.0159 e. The van der Waals surface area contributed by atoms with Gasteiger partial charge in [0.2, 0.25) is 0 Å². The molecular formula is C82H66. The fourth-order valence-electron chi connectivity index (χ4n) is 14.9. The standard InChI is InChI=1S/C82H66/c1-79(2,3)61-39-57-19-17-47-21-29-63(69-35-27-59(41-61)75(57)77(47)69)55-15-11-13-49(37-55)51-23-31-65-67-33-25-53(45-73(67)81(7,8)71(65)43-51)54-26-34-68-66-32-24-52(44-72(66)82(9,10)74(68)46-54)50-14-12-16-56(38-50)64-30-22-48-18-20-58-40-62(80(4,5)6)42-60-28-36-70(64)78(48)76(58)60/h11-46H,1-10H3. The minimum Gasteiger partial charge on any atom is -0.0610 e. The average molecular weight is 1050 g/mol. The summed E-state index contributed by atoms with van der Waals surface area (Å²) in [6.07, 6.45) is 0. The van der Waals surface area contributed by atoms with Gasteiger partial charge in [-0.1, -0.05) is 251 Å². The summed E-state index contributed by atoms with van der Waals surface area (Å²) in [5, 5.41) is 16.0. The normalized spacial score (nSPS) is 14.4. The summed E-state index contributed by atoms with van der Waals surface area (Å²) in [4.78, 5) is 0. The largest absolute Gasteiger partial charge is 0.0610 e. The average Bonchev–Trinajstić information content (AvgIpc) is 2.24. The van der Waals surface area contributed by atoms with Crippen molar-refractivity contribution in [1.29, 1.82) is 0 Å². The van der Waals surface area contributed by atoms with Crippen molar-refractivity contribution < 1.29 is 0 Å². The summed E-state index contributed by atoms with van der Waals surface area (Å²) < 4.78 is 0. The molecule has 0 saturated carbocycles. The van der Waals surface area contributed by atoms with E-state index in [1.165, 1.54) is 176 Å². The molecule has 0 aromatic heterocycles. The number of hydrogen-bond acceptors (Lipinski definition) is 0. The number of hydrogen-bond donors (Lipinski definition) is 0. The van der Waals surface area contributed by atoms with Gasteiger partial charge in [0.15, 0.2) is 0 Å². The zero-order valence-corrected chi connectivity index (χ0v) is 48.8. The second kappa shape index (κ2) is 16.9. The Labute approximate surface area is 482 Å². The van der Waals surface area contributed by atoms with E-state index in [0.29, 0.717) is 0 Å². The van der Waals surface area contributed by atoms with E-state index in [1.807, 2.05) is 0 Å². The molecule has 0 radical (unpaired) electrons. The minimum atomic E-state index is -0.177. The zero-order chi connectivity index (χ0) is 55.9. The van der Waals surface area contributed by atoms with Crippen LogP contribution >= 0.6 is 0 Å².